The van der Waals surface area contributed by atoms with E-state index in [0.29, 0.717) is 57.8 Å². The number of hydrogen-bond donors (Lipinski definition) is 7. The van der Waals surface area contributed by atoms with E-state index in [2.05, 4.69) is 52.2 Å². The summed E-state index contributed by atoms with van der Waals surface area (Å²) in [5, 5.41) is 39.0. The van der Waals surface area contributed by atoms with Gasteiger partial charge >= 0.3 is 31.7 Å². The van der Waals surface area contributed by atoms with Gasteiger partial charge in [0.05, 0.1) is 32.0 Å². The minimum atomic E-state index is -5.24. The van der Waals surface area contributed by atoms with Crippen molar-refractivity contribution >= 4 is 43.5 Å². The van der Waals surface area contributed by atoms with Crippen molar-refractivity contribution in [2.45, 2.75) is 534 Å². The molecule has 0 bridgehead atoms. The number of nitrogens with one attached hydrogen (secondary N) is 2. The Morgan fingerprint density at radius 3 is 0.905 bits per heavy atom. The van der Waals surface area contributed by atoms with Crippen LogP contribution in [0.25, 0.3) is 0 Å². The van der Waals surface area contributed by atoms with Crippen molar-refractivity contribution in [2.24, 2.45) is 0 Å². The van der Waals surface area contributed by atoms with Crippen LogP contribution in [-0.4, -0.2) is 123 Å². The molecule has 0 rings (SSSR count). The molecule has 0 saturated carbocycles. The Hall–Kier alpha value is -3.85. The summed E-state index contributed by atoms with van der Waals surface area (Å²) in [6.45, 7) is 11.8. The molecule has 0 fully saturated rings. The molecule has 684 valence electrons. The van der Waals surface area contributed by atoms with Crippen LogP contribution < -0.4 is 10.6 Å². The molecule has 22 heteroatoms. The van der Waals surface area contributed by atoms with Gasteiger partial charge in [-0.15, -0.1) is 0 Å². The lowest BCUT2D eigenvalue weighted by Crippen LogP contribution is -2.52. The van der Waals surface area contributed by atoms with Gasteiger partial charge in [0.1, 0.15) is 43.7 Å². The number of aliphatic hydroxyl groups excluding tert-OH is 3. The number of phosphoric acid groups is 1. The topological polar surface area (TPSA) is 309 Å². The SMILES string of the molecule is CCCCCCCCCCCCCCCC(=O)O[C@H](CCCCCCCCCCC)CC(=O)N/C(O)=C(/O)COC(OC(CO)[C@H](C)OP(=O)(O)O)[C@H](COC(=O)C[C@@H](CCCCCCCCCCC)OC(=O)CCCCCCCCCCCCC)NC(=O)C[C@@H](CCCCCCCCCCC)OC(=O)CCCCCCCCCCC. The van der Waals surface area contributed by atoms with E-state index in [-0.39, 0.29) is 38.5 Å². The number of hydrogen-bond acceptors (Lipinski definition) is 17. The largest absolute Gasteiger partial charge is 0.505 e. The molecule has 0 saturated heterocycles. The van der Waals surface area contributed by atoms with Gasteiger partial charge < -0.3 is 58.8 Å². The molecule has 0 aliphatic carbocycles. The highest BCUT2D eigenvalue weighted by Crippen LogP contribution is 2.39. The quantitative estimate of drug-likeness (QED) is 0.00743. The van der Waals surface area contributed by atoms with Crippen LogP contribution >= 0.6 is 7.82 Å². The van der Waals surface area contributed by atoms with E-state index < -0.39 is 118 Å². The number of phosphoric ester groups is 1. The number of unbranched alkanes of at least 4 members (excludes halogenated alkanes) is 54. The number of esters is 4. The van der Waals surface area contributed by atoms with E-state index in [1.54, 1.807) is 0 Å². The van der Waals surface area contributed by atoms with Crippen molar-refractivity contribution in [3.8, 4) is 0 Å². The molecule has 21 nitrogen and oxygen atoms in total. The Labute approximate surface area is 707 Å². The van der Waals surface area contributed by atoms with E-state index in [0.717, 1.165) is 167 Å². The highest BCUT2D eigenvalue weighted by atomic mass is 31.2. The Morgan fingerprint density at radius 2 is 0.621 bits per heavy atom. The summed E-state index contributed by atoms with van der Waals surface area (Å²) in [5.41, 5.74) is 0. The molecule has 7 N–H and O–H groups in total. The summed E-state index contributed by atoms with van der Waals surface area (Å²) < 4.78 is 53.8. The van der Waals surface area contributed by atoms with Crippen LogP contribution in [0, 0.1) is 0 Å². The summed E-state index contributed by atoms with van der Waals surface area (Å²) in [4.78, 5) is 104. The predicted molar refractivity (Wildman–Crippen MR) is 470 cm³/mol. The van der Waals surface area contributed by atoms with Crippen LogP contribution in [0.2, 0.25) is 0 Å². The zero-order valence-electron chi connectivity index (χ0n) is 75.4. The summed E-state index contributed by atoms with van der Waals surface area (Å²) in [6.07, 6.45) is 58.1. The van der Waals surface area contributed by atoms with Crippen molar-refractivity contribution in [1.29, 1.82) is 0 Å². The molecule has 0 aliphatic rings. The average molecular weight is 1670 g/mol. The normalized spacial score (nSPS) is 13.8. The van der Waals surface area contributed by atoms with Gasteiger partial charge in [-0.2, -0.15) is 0 Å². The number of carbonyl (C=O) groups is 6. The average Bonchev–Trinajstić information content (AvgIpc) is 0.855. The third-order valence-corrected chi connectivity index (χ3v) is 22.9. The molecule has 0 heterocycles. The molecular formula is C94H179N2O19P. The lowest BCUT2D eigenvalue weighted by atomic mass is 10.0. The zero-order chi connectivity index (χ0) is 85.4. The molecule has 0 radical (unpaired) electrons. The maximum absolute atomic E-state index is 14.8. The lowest BCUT2D eigenvalue weighted by molar-refractivity contribution is -0.214. The van der Waals surface area contributed by atoms with Crippen molar-refractivity contribution in [2.75, 3.05) is 19.8 Å². The number of carbonyl (C=O) groups excluding carboxylic acids is 6. The first-order valence-electron chi connectivity index (χ1n) is 48.3. The first-order chi connectivity index (χ1) is 56.2. The fourth-order valence-corrected chi connectivity index (χ4v) is 15.5. The van der Waals surface area contributed by atoms with Gasteiger partial charge in [-0.05, 0) is 64.7 Å². The molecule has 0 aromatic rings. The van der Waals surface area contributed by atoms with E-state index in [9.17, 15) is 58.4 Å². The molecule has 2 amide bonds. The third-order valence-electron chi connectivity index (χ3n) is 22.3. The Morgan fingerprint density at radius 1 is 0.353 bits per heavy atom. The standard InChI is InChI=1S/C94H179N2O19P/c1-8-14-20-26-32-38-40-41-43-49-55-60-66-72-90(102)112-82(69-63-57-51-45-35-29-23-17-11-4)75-88(100)96-93(105)85(98)79-110-94(114-86(77-97)80(7)115-116(106,107)108)84(95-87(99)74-81(68-62-56-50-44-34-28-22-16-10-3)111-89(101)71-65-59-53-47-37-31-25-19-13-6)78-109-92(104)76-83(70-64-58-52-46-36-30-24-18-12-5)113-91(103)73-67-61-54-48-42-39-33-27-21-15-9-2/h80-84,86,94,97-98,105H,8-79H2,1-7H3,(H,95,99)(H,96,100)(H2,106,107,108)/b93-85-/t80-,81+,82+,83+,84-,86?,94?/m0/s1. The van der Waals surface area contributed by atoms with E-state index in [1.165, 1.54) is 187 Å². The van der Waals surface area contributed by atoms with Gasteiger partial charge in [0.15, 0.2) is 12.0 Å². The molecule has 0 aromatic carbocycles. The smallest absolute Gasteiger partial charge is 0.469 e. The Balaban J connectivity index is 7.36. The minimum Gasteiger partial charge on any atom is -0.505 e. The predicted octanol–water partition coefficient (Wildman–Crippen LogP) is 25.4. The number of rotatable bonds is 89. The van der Waals surface area contributed by atoms with Crippen LogP contribution in [0.3, 0.4) is 0 Å². The molecule has 0 aliphatic heterocycles. The maximum Gasteiger partial charge on any atom is 0.469 e. The monoisotopic (exact) mass is 1670 g/mol. The van der Waals surface area contributed by atoms with Gasteiger partial charge in [0, 0.05) is 19.3 Å². The first-order valence-corrected chi connectivity index (χ1v) is 49.8. The fraction of sp³-hybridized carbons (Fsp3) is 0.915. The van der Waals surface area contributed by atoms with Crippen molar-refractivity contribution in [3.05, 3.63) is 11.6 Å². The number of ether oxygens (including phenoxy) is 6. The first kappa shape index (κ1) is 112. The third kappa shape index (κ3) is 74.0. The zero-order valence-corrected chi connectivity index (χ0v) is 76.2. The second-order valence-corrected chi connectivity index (χ2v) is 34.9. The lowest BCUT2D eigenvalue weighted by Gasteiger charge is -2.33. The van der Waals surface area contributed by atoms with Crippen LogP contribution in [-0.2, 0) is 66.3 Å². The highest BCUT2D eigenvalue weighted by molar-refractivity contribution is 7.46. The second kappa shape index (κ2) is 82.1. The van der Waals surface area contributed by atoms with Crippen LogP contribution in [0.4, 0.5) is 0 Å². The molecule has 0 spiro atoms. The maximum atomic E-state index is 14.8. The highest BCUT2D eigenvalue weighted by Gasteiger charge is 2.36. The number of amides is 2. The number of aliphatic hydroxyl groups is 3. The van der Waals surface area contributed by atoms with Gasteiger partial charge in [-0.25, -0.2) is 4.57 Å². The van der Waals surface area contributed by atoms with Crippen LogP contribution in [0.15, 0.2) is 11.6 Å². The summed E-state index contributed by atoms with van der Waals surface area (Å²) in [6, 6.07) is -1.59. The molecule has 0 aromatic heterocycles. The van der Waals surface area contributed by atoms with Crippen LogP contribution in [0.5, 0.6) is 0 Å². The molecule has 2 unspecified atom stereocenters. The Kier molecular flexibility index (Phi) is 79.4. The molecular weight excluding hydrogens is 1490 g/mol. The minimum absolute atomic E-state index is 0.164. The molecule has 116 heavy (non-hydrogen) atoms. The summed E-state index contributed by atoms with van der Waals surface area (Å²) in [5.74, 6) is -5.57. The summed E-state index contributed by atoms with van der Waals surface area (Å²) >= 11 is 0. The van der Waals surface area contributed by atoms with E-state index in [1.807, 2.05) is 0 Å². The molecule has 7 atom stereocenters. The van der Waals surface area contributed by atoms with E-state index >= 15 is 0 Å². The van der Waals surface area contributed by atoms with Crippen molar-refractivity contribution in [3.63, 3.8) is 0 Å². The van der Waals surface area contributed by atoms with Gasteiger partial charge in [-0.1, -0.05) is 388 Å². The fourth-order valence-electron chi connectivity index (χ4n) is 15.0. The summed E-state index contributed by atoms with van der Waals surface area (Å²) in [7, 11) is -5.24. The van der Waals surface area contributed by atoms with Gasteiger partial charge in [0.2, 0.25) is 17.7 Å². The van der Waals surface area contributed by atoms with E-state index in [4.69, 9.17) is 32.9 Å². The van der Waals surface area contributed by atoms with Crippen molar-refractivity contribution < 1.29 is 91.4 Å². The van der Waals surface area contributed by atoms with Gasteiger partial charge in [0.25, 0.3) is 0 Å². The Bertz CT molecular complexity index is 2380. The van der Waals surface area contributed by atoms with Crippen LogP contribution in [0.1, 0.15) is 492 Å². The van der Waals surface area contributed by atoms with Crippen molar-refractivity contribution in [1.82, 2.24) is 10.6 Å². The van der Waals surface area contributed by atoms with Gasteiger partial charge in [-0.3, -0.25) is 38.6 Å². The second-order valence-electron chi connectivity index (χ2n) is 33.7.